The molecule has 0 saturated heterocycles. The molecule has 0 unspecified atom stereocenters. The second-order valence-electron chi connectivity index (χ2n) is 7.43. The lowest BCUT2D eigenvalue weighted by Gasteiger charge is -2.10. The summed E-state index contributed by atoms with van der Waals surface area (Å²) >= 11 is 0. The number of carbonyl (C=O) groups is 1. The van der Waals surface area contributed by atoms with Crippen molar-refractivity contribution in [3.63, 3.8) is 0 Å². The molecule has 1 amide bonds. The first kappa shape index (κ1) is 22.7. The third-order valence-electron chi connectivity index (χ3n) is 5.34. The highest BCUT2D eigenvalue weighted by molar-refractivity contribution is 5.99. The molecule has 3 aromatic carbocycles. The fourth-order valence-corrected chi connectivity index (χ4v) is 3.57. The Labute approximate surface area is 197 Å². The van der Waals surface area contributed by atoms with Gasteiger partial charge in [-0.15, -0.1) is 0 Å². The Kier molecular flexibility index (Phi) is 6.68. The van der Waals surface area contributed by atoms with Crippen LogP contribution in [0.2, 0.25) is 0 Å². The number of aromatic nitrogens is 2. The van der Waals surface area contributed by atoms with E-state index >= 15 is 0 Å². The van der Waals surface area contributed by atoms with Crippen LogP contribution >= 0.6 is 0 Å². The molecule has 0 spiro atoms. The molecule has 8 nitrogen and oxygen atoms in total. The number of nitrogens with one attached hydrogen (secondary N) is 1. The molecule has 0 radical (unpaired) electrons. The number of hydrogen-bond acceptors (Lipinski definition) is 6. The lowest BCUT2D eigenvalue weighted by atomic mass is 10.1. The Bertz CT molecular complexity index is 1300. The maximum atomic E-state index is 13.2. The summed E-state index contributed by atoms with van der Waals surface area (Å²) in [6.45, 7) is 0.235. The van der Waals surface area contributed by atoms with Gasteiger partial charge >= 0.3 is 0 Å². The Hall–Kier alpha value is -4.46. The van der Waals surface area contributed by atoms with E-state index in [1.165, 1.54) is 13.2 Å². The Morgan fingerprint density at radius 2 is 1.65 bits per heavy atom. The van der Waals surface area contributed by atoms with E-state index in [2.05, 4.69) is 10.4 Å². The van der Waals surface area contributed by atoms with E-state index in [0.717, 1.165) is 16.8 Å². The van der Waals surface area contributed by atoms with Crippen molar-refractivity contribution >= 4 is 5.91 Å². The molecule has 0 saturated carbocycles. The minimum atomic E-state index is -0.341. The van der Waals surface area contributed by atoms with E-state index in [1.807, 2.05) is 48.7 Å². The largest absolute Gasteiger partial charge is 0.504 e. The smallest absolute Gasteiger partial charge is 0.272 e. The molecule has 0 aliphatic heterocycles. The van der Waals surface area contributed by atoms with Crippen LogP contribution in [0.1, 0.15) is 16.1 Å². The number of carbonyl (C=O) groups excluding carboxylic acids is 1. The molecule has 0 bridgehead atoms. The van der Waals surface area contributed by atoms with E-state index in [0.29, 0.717) is 22.8 Å². The van der Waals surface area contributed by atoms with Crippen LogP contribution in [-0.2, 0) is 6.54 Å². The van der Waals surface area contributed by atoms with Gasteiger partial charge in [0.1, 0.15) is 0 Å². The molecule has 4 rings (SSSR count). The number of amides is 1. The molecule has 0 fully saturated rings. The van der Waals surface area contributed by atoms with Gasteiger partial charge in [-0.1, -0.05) is 30.3 Å². The summed E-state index contributed by atoms with van der Waals surface area (Å²) < 4.78 is 17.6. The third-order valence-corrected chi connectivity index (χ3v) is 5.34. The zero-order valence-corrected chi connectivity index (χ0v) is 19.1. The van der Waals surface area contributed by atoms with Gasteiger partial charge in [0.15, 0.2) is 28.7 Å². The van der Waals surface area contributed by atoms with Crippen LogP contribution in [0.4, 0.5) is 0 Å². The summed E-state index contributed by atoms with van der Waals surface area (Å²) in [5.74, 6) is 1.18. The lowest BCUT2D eigenvalue weighted by molar-refractivity contribution is 0.0946. The van der Waals surface area contributed by atoms with Crippen molar-refractivity contribution in [2.45, 2.75) is 6.54 Å². The molecule has 0 atom stereocenters. The first-order valence-corrected chi connectivity index (χ1v) is 10.6. The van der Waals surface area contributed by atoms with Crippen molar-refractivity contribution in [1.29, 1.82) is 0 Å². The van der Waals surface area contributed by atoms with Gasteiger partial charge in [-0.05, 0) is 47.5 Å². The fraction of sp³-hybridized carbons (Fsp3) is 0.154. The second kappa shape index (κ2) is 9.99. The summed E-state index contributed by atoms with van der Waals surface area (Å²) in [5.41, 5.74) is 3.27. The minimum Gasteiger partial charge on any atom is -0.504 e. The highest BCUT2D eigenvalue weighted by Gasteiger charge is 2.20. The third kappa shape index (κ3) is 4.66. The molecule has 0 aliphatic rings. The van der Waals surface area contributed by atoms with Crippen LogP contribution < -0.4 is 19.5 Å². The van der Waals surface area contributed by atoms with E-state index < -0.39 is 0 Å². The number of nitrogens with zero attached hydrogens (tertiary/aromatic N) is 2. The van der Waals surface area contributed by atoms with Gasteiger partial charge in [0.25, 0.3) is 5.91 Å². The molecule has 1 heterocycles. The van der Waals surface area contributed by atoms with E-state index in [9.17, 15) is 9.90 Å². The van der Waals surface area contributed by atoms with Gasteiger partial charge in [-0.2, -0.15) is 5.10 Å². The van der Waals surface area contributed by atoms with Crippen LogP contribution in [0.5, 0.6) is 23.0 Å². The summed E-state index contributed by atoms with van der Waals surface area (Å²) in [5, 5.41) is 17.3. The highest BCUT2D eigenvalue weighted by Crippen LogP contribution is 2.34. The molecule has 174 valence electrons. The van der Waals surface area contributed by atoms with Crippen molar-refractivity contribution in [3.8, 4) is 39.8 Å². The normalized spacial score (nSPS) is 10.6. The quantitative estimate of drug-likeness (QED) is 0.410. The van der Waals surface area contributed by atoms with Crippen molar-refractivity contribution in [1.82, 2.24) is 15.1 Å². The average molecular weight is 460 g/mol. The molecule has 0 aliphatic carbocycles. The van der Waals surface area contributed by atoms with Crippen LogP contribution in [-0.4, -0.2) is 42.1 Å². The van der Waals surface area contributed by atoms with Crippen molar-refractivity contribution < 1.29 is 24.1 Å². The van der Waals surface area contributed by atoms with Crippen LogP contribution in [0.25, 0.3) is 16.8 Å². The topological polar surface area (TPSA) is 94.8 Å². The maximum absolute atomic E-state index is 13.2. The monoisotopic (exact) mass is 459 g/mol. The number of aromatic hydroxyl groups is 1. The standard InChI is InChI=1S/C26H25N3O5/c1-32-22-12-10-18(14-24(22)34-3)20-16-29(19-7-5-4-6-8-19)28-25(20)26(31)27-15-17-9-11-21(30)23(13-17)33-2/h4-14,16,30H,15H2,1-3H3,(H,27,31). The minimum absolute atomic E-state index is 0.0370. The number of benzene rings is 3. The number of para-hydroxylation sites is 1. The van der Waals surface area contributed by atoms with Crippen LogP contribution in [0.3, 0.4) is 0 Å². The molecule has 4 aromatic rings. The van der Waals surface area contributed by atoms with Crippen LogP contribution in [0.15, 0.2) is 72.9 Å². The predicted octanol–water partition coefficient (Wildman–Crippen LogP) is 4.20. The molecule has 8 heteroatoms. The first-order valence-electron chi connectivity index (χ1n) is 10.6. The molecule has 1 aromatic heterocycles. The lowest BCUT2D eigenvalue weighted by Crippen LogP contribution is -2.24. The van der Waals surface area contributed by atoms with Gasteiger partial charge in [0.2, 0.25) is 0 Å². The van der Waals surface area contributed by atoms with Crippen molar-refractivity contribution in [2.75, 3.05) is 21.3 Å². The number of hydrogen-bond donors (Lipinski definition) is 2. The highest BCUT2D eigenvalue weighted by atomic mass is 16.5. The fourth-order valence-electron chi connectivity index (χ4n) is 3.57. The zero-order chi connectivity index (χ0) is 24.1. The van der Waals surface area contributed by atoms with Crippen molar-refractivity contribution in [2.24, 2.45) is 0 Å². The average Bonchev–Trinajstić information content (AvgIpc) is 3.34. The number of phenols is 1. The van der Waals surface area contributed by atoms with E-state index in [-0.39, 0.29) is 23.9 Å². The number of phenolic OH excluding ortho intramolecular Hbond substituents is 1. The van der Waals surface area contributed by atoms with Crippen LogP contribution in [0, 0.1) is 0 Å². The van der Waals surface area contributed by atoms with Gasteiger partial charge in [-0.3, -0.25) is 4.79 Å². The second-order valence-corrected chi connectivity index (χ2v) is 7.43. The Morgan fingerprint density at radius 3 is 2.35 bits per heavy atom. The maximum Gasteiger partial charge on any atom is 0.272 e. The van der Waals surface area contributed by atoms with Gasteiger partial charge in [0.05, 0.1) is 27.0 Å². The van der Waals surface area contributed by atoms with E-state index in [4.69, 9.17) is 14.2 Å². The zero-order valence-electron chi connectivity index (χ0n) is 19.1. The van der Waals surface area contributed by atoms with Gasteiger partial charge in [-0.25, -0.2) is 4.68 Å². The molecule has 34 heavy (non-hydrogen) atoms. The Morgan fingerprint density at radius 1 is 0.912 bits per heavy atom. The number of ether oxygens (including phenoxy) is 3. The summed E-state index contributed by atoms with van der Waals surface area (Å²) in [6, 6.07) is 19.9. The molecular weight excluding hydrogens is 434 g/mol. The number of rotatable bonds is 8. The first-order chi connectivity index (χ1) is 16.5. The van der Waals surface area contributed by atoms with Gasteiger partial charge in [0, 0.05) is 18.3 Å². The number of methoxy groups -OCH3 is 3. The summed E-state index contributed by atoms with van der Waals surface area (Å²) in [7, 11) is 4.61. The summed E-state index contributed by atoms with van der Waals surface area (Å²) in [4.78, 5) is 13.2. The van der Waals surface area contributed by atoms with Crippen molar-refractivity contribution in [3.05, 3.63) is 84.2 Å². The molecule has 2 N–H and O–H groups in total. The predicted molar refractivity (Wildman–Crippen MR) is 128 cm³/mol. The van der Waals surface area contributed by atoms with E-state index in [1.54, 1.807) is 37.1 Å². The SMILES string of the molecule is COc1cc(CNC(=O)c2nn(-c3ccccc3)cc2-c2ccc(OC)c(OC)c2)ccc1O. The summed E-state index contributed by atoms with van der Waals surface area (Å²) in [6.07, 6.45) is 1.81. The Balaban J connectivity index is 1.69. The van der Waals surface area contributed by atoms with Gasteiger partial charge < -0.3 is 24.6 Å². The molecular formula is C26H25N3O5.